The molecule has 5 heteroatoms. The first-order chi connectivity index (χ1) is 7.54. The van der Waals surface area contributed by atoms with Crippen LogP contribution in [0.15, 0.2) is 0 Å². The lowest BCUT2D eigenvalue weighted by Crippen LogP contribution is -2.34. The highest BCUT2D eigenvalue weighted by Gasteiger charge is 2.33. The molecule has 0 heterocycles. The average Bonchev–Trinajstić information content (AvgIpc) is 2.74. The van der Waals surface area contributed by atoms with Gasteiger partial charge in [0.2, 0.25) is 5.91 Å². The molecule has 16 heavy (non-hydrogen) atoms. The number of hydrogen-bond acceptors (Lipinski definition) is 3. The molecule has 1 aliphatic carbocycles. The van der Waals surface area contributed by atoms with Crippen LogP contribution in [0.4, 0.5) is 0 Å². The van der Waals surface area contributed by atoms with Crippen LogP contribution in [-0.2, 0) is 9.59 Å². The predicted molar refractivity (Wildman–Crippen MR) is 57.7 cm³/mol. The predicted octanol–water partition coefficient (Wildman–Crippen LogP) is 0.232. The Bertz CT molecular complexity index is 267. The van der Waals surface area contributed by atoms with Crippen LogP contribution >= 0.6 is 0 Å². The second-order valence-electron chi connectivity index (χ2n) is 4.58. The summed E-state index contributed by atoms with van der Waals surface area (Å²) in [5, 5.41) is 20.3. The molecule has 0 aromatic heterocycles. The molecule has 1 amide bonds. The second kappa shape index (κ2) is 5.84. The molecular formula is C11H19NO4. The van der Waals surface area contributed by atoms with E-state index in [1.807, 2.05) is 6.92 Å². The molecule has 92 valence electrons. The smallest absolute Gasteiger partial charge is 0.306 e. The normalized spacial score (nSPS) is 26.4. The van der Waals surface area contributed by atoms with Gasteiger partial charge in [0, 0.05) is 19.1 Å². The molecule has 0 saturated heterocycles. The van der Waals surface area contributed by atoms with Crippen LogP contribution in [0.25, 0.3) is 0 Å². The van der Waals surface area contributed by atoms with E-state index in [4.69, 9.17) is 10.2 Å². The Morgan fingerprint density at radius 2 is 2.00 bits per heavy atom. The summed E-state index contributed by atoms with van der Waals surface area (Å²) in [5.41, 5.74) is 0. The Kier molecular flexibility index (Phi) is 4.73. The number of aliphatic hydroxyl groups excluding tert-OH is 1. The maximum atomic E-state index is 11.6. The monoisotopic (exact) mass is 229 g/mol. The Hall–Kier alpha value is -1.10. The van der Waals surface area contributed by atoms with E-state index in [1.165, 1.54) is 0 Å². The molecule has 3 N–H and O–H groups in total. The lowest BCUT2D eigenvalue weighted by molar-refractivity contribution is -0.141. The van der Waals surface area contributed by atoms with Gasteiger partial charge in [-0.25, -0.2) is 0 Å². The van der Waals surface area contributed by atoms with Crippen molar-refractivity contribution >= 4 is 11.9 Å². The summed E-state index contributed by atoms with van der Waals surface area (Å²) < 4.78 is 0. The largest absolute Gasteiger partial charge is 0.481 e. The Morgan fingerprint density at radius 1 is 1.38 bits per heavy atom. The fourth-order valence-corrected chi connectivity index (χ4v) is 1.93. The standard InChI is InChI=1S/C11H19NO4/c1-7(6-13)5-12-10(14)8-2-3-9(4-8)11(15)16/h7-9,13H,2-6H2,1H3,(H,12,14)(H,15,16)/t7?,8-,9+/m1/s1. The van der Waals surface area contributed by atoms with Crippen molar-refractivity contribution in [3.63, 3.8) is 0 Å². The van der Waals surface area contributed by atoms with Crippen molar-refractivity contribution in [1.82, 2.24) is 5.32 Å². The number of hydrogen-bond donors (Lipinski definition) is 3. The van der Waals surface area contributed by atoms with Crippen LogP contribution in [0, 0.1) is 17.8 Å². The van der Waals surface area contributed by atoms with Crippen LogP contribution in [0.5, 0.6) is 0 Å². The maximum Gasteiger partial charge on any atom is 0.306 e. The Balaban J connectivity index is 2.31. The molecule has 0 aromatic rings. The zero-order valence-electron chi connectivity index (χ0n) is 9.48. The van der Waals surface area contributed by atoms with Crippen LogP contribution in [0.2, 0.25) is 0 Å². The molecule has 0 bridgehead atoms. The lowest BCUT2D eigenvalue weighted by atomic mass is 10.0. The van der Waals surface area contributed by atoms with Crippen LogP contribution < -0.4 is 5.32 Å². The number of carboxylic acids is 1. The summed E-state index contributed by atoms with van der Waals surface area (Å²) in [7, 11) is 0. The fraction of sp³-hybridized carbons (Fsp3) is 0.818. The number of carbonyl (C=O) groups is 2. The summed E-state index contributed by atoms with van der Waals surface area (Å²) in [4.78, 5) is 22.4. The lowest BCUT2D eigenvalue weighted by Gasteiger charge is -2.13. The highest BCUT2D eigenvalue weighted by molar-refractivity contribution is 5.80. The third-order valence-corrected chi connectivity index (χ3v) is 3.09. The van der Waals surface area contributed by atoms with Crippen molar-refractivity contribution in [2.75, 3.05) is 13.2 Å². The van der Waals surface area contributed by atoms with E-state index in [0.29, 0.717) is 25.8 Å². The van der Waals surface area contributed by atoms with Gasteiger partial charge in [0.1, 0.15) is 0 Å². The van der Waals surface area contributed by atoms with Crippen molar-refractivity contribution in [2.45, 2.75) is 26.2 Å². The van der Waals surface area contributed by atoms with Gasteiger partial charge >= 0.3 is 5.97 Å². The molecule has 5 nitrogen and oxygen atoms in total. The van der Waals surface area contributed by atoms with Gasteiger partial charge in [0.15, 0.2) is 0 Å². The van der Waals surface area contributed by atoms with Gasteiger partial charge in [0.25, 0.3) is 0 Å². The second-order valence-corrected chi connectivity index (χ2v) is 4.58. The first kappa shape index (κ1) is 13.0. The number of aliphatic carboxylic acids is 1. The minimum absolute atomic E-state index is 0.0422. The number of rotatable bonds is 5. The zero-order valence-corrected chi connectivity index (χ0v) is 9.48. The quantitative estimate of drug-likeness (QED) is 0.630. The van der Waals surface area contributed by atoms with Gasteiger partial charge in [-0.15, -0.1) is 0 Å². The summed E-state index contributed by atoms with van der Waals surface area (Å²) in [5.74, 6) is -1.39. The first-order valence-corrected chi connectivity index (χ1v) is 5.66. The molecule has 0 aliphatic heterocycles. The minimum atomic E-state index is -0.806. The molecule has 1 rings (SSSR count). The van der Waals surface area contributed by atoms with Gasteiger partial charge in [-0.2, -0.15) is 0 Å². The van der Waals surface area contributed by atoms with Gasteiger partial charge in [0.05, 0.1) is 5.92 Å². The summed E-state index contributed by atoms with van der Waals surface area (Å²) >= 11 is 0. The van der Waals surface area contributed by atoms with E-state index in [0.717, 1.165) is 0 Å². The molecule has 1 fully saturated rings. The third kappa shape index (κ3) is 3.48. The maximum absolute atomic E-state index is 11.6. The molecular weight excluding hydrogens is 210 g/mol. The average molecular weight is 229 g/mol. The van der Waals surface area contributed by atoms with Crippen molar-refractivity contribution in [3.05, 3.63) is 0 Å². The van der Waals surface area contributed by atoms with E-state index < -0.39 is 5.97 Å². The molecule has 1 saturated carbocycles. The van der Waals surface area contributed by atoms with E-state index in [1.54, 1.807) is 0 Å². The van der Waals surface area contributed by atoms with Crippen LogP contribution in [0.3, 0.4) is 0 Å². The van der Waals surface area contributed by atoms with E-state index in [-0.39, 0.29) is 30.3 Å². The topological polar surface area (TPSA) is 86.6 Å². The highest BCUT2D eigenvalue weighted by atomic mass is 16.4. The fourth-order valence-electron chi connectivity index (χ4n) is 1.93. The molecule has 1 aliphatic rings. The highest BCUT2D eigenvalue weighted by Crippen LogP contribution is 2.31. The number of aliphatic hydroxyl groups is 1. The number of nitrogens with one attached hydrogen (secondary N) is 1. The van der Waals surface area contributed by atoms with Gasteiger partial charge in [-0.1, -0.05) is 6.92 Å². The van der Waals surface area contributed by atoms with Crippen molar-refractivity contribution in [1.29, 1.82) is 0 Å². The molecule has 0 spiro atoms. The van der Waals surface area contributed by atoms with Crippen molar-refractivity contribution in [2.24, 2.45) is 17.8 Å². The number of amides is 1. The summed E-state index contributed by atoms with van der Waals surface area (Å²) in [6.07, 6.45) is 1.67. The minimum Gasteiger partial charge on any atom is -0.481 e. The van der Waals surface area contributed by atoms with E-state index in [2.05, 4.69) is 5.32 Å². The third-order valence-electron chi connectivity index (χ3n) is 3.09. The molecule has 3 atom stereocenters. The van der Waals surface area contributed by atoms with Crippen molar-refractivity contribution in [3.8, 4) is 0 Å². The van der Waals surface area contributed by atoms with E-state index >= 15 is 0 Å². The van der Waals surface area contributed by atoms with Crippen molar-refractivity contribution < 1.29 is 19.8 Å². The first-order valence-electron chi connectivity index (χ1n) is 5.66. The number of carboxylic acid groups (broad SMARTS) is 1. The Morgan fingerprint density at radius 3 is 2.50 bits per heavy atom. The number of carbonyl (C=O) groups excluding carboxylic acids is 1. The SMILES string of the molecule is CC(CO)CNC(=O)[C@@H]1CC[C@H](C(=O)O)C1. The van der Waals surface area contributed by atoms with E-state index in [9.17, 15) is 9.59 Å². The van der Waals surface area contributed by atoms with Crippen LogP contribution in [0.1, 0.15) is 26.2 Å². The summed E-state index contributed by atoms with van der Waals surface area (Å²) in [6, 6.07) is 0. The summed E-state index contributed by atoms with van der Waals surface area (Å²) in [6.45, 7) is 2.33. The molecule has 1 unspecified atom stereocenters. The van der Waals surface area contributed by atoms with Crippen LogP contribution in [-0.4, -0.2) is 35.2 Å². The van der Waals surface area contributed by atoms with Gasteiger partial charge in [-0.3, -0.25) is 9.59 Å². The Labute approximate surface area is 94.8 Å². The molecule has 0 aromatic carbocycles. The van der Waals surface area contributed by atoms with Gasteiger partial charge in [-0.05, 0) is 25.2 Å². The van der Waals surface area contributed by atoms with Gasteiger partial charge < -0.3 is 15.5 Å². The molecule has 0 radical (unpaired) electrons. The zero-order chi connectivity index (χ0) is 12.1.